The van der Waals surface area contributed by atoms with E-state index >= 15 is 0 Å². The molecule has 0 aliphatic rings. The van der Waals surface area contributed by atoms with E-state index in [-0.39, 0.29) is 5.12 Å². The molecule has 88 valence electrons. The Morgan fingerprint density at radius 3 is 2.82 bits per heavy atom. The van der Waals surface area contributed by atoms with Crippen LogP contribution in [0.25, 0.3) is 0 Å². The van der Waals surface area contributed by atoms with E-state index < -0.39 is 0 Å². The molecule has 0 amide bonds. The summed E-state index contributed by atoms with van der Waals surface area (Å²) in [6.07, 6.45) is 0.677. The fourth-order valence-electron chi connectivity index (χ4n) is 1.21. The molecule has 0 heterocycles. The van der Waals surface area contributed by atoms with E-state index in [4.69, 9.17) is 18.0 Å². The van der Waals surface area contributed by atoms with E-state index in [9.17, 15) is 4.79 Å². The summed E-state index contributed by atoms with van der Waals surface area (Å²) in [7, 11) is 0. The maximum atomic E-state index is 10.7. The van der Waals surface area contributed by atoms with E-state index in [1.54, 1.807) is 6.92 Å². The minimum atomic E-state index is 0.121. The number of thiocarbonyl (C=S) groups is 1. The summed E-state index contributed by atoms with van der Waals surface area (Å²) in [5.74, 6) is 6.76. The van der Waals surface area contributed by atoms with Crippen LogP contribution in [0.5, 0.6) is 0 Å². The highest BCUT2D eigenvalue weighted by atomic mass is 32.2. The molecule has 17 heavy (non-hydrogen) atoms. The molecule has 0 fully saturated rings. The van der Waals surface area contributed by atoms with Crippen LogP contribution >= 0.6 is 24.0 Å². The van der Waals surface area contributed by atoms with Crippen molar-refractivity contribution in [3.63, 3.8) is 0 Å². The van der Waals surface area contributed by atoms with Crippen molar-refractivity contribution in [3.05, 3.63) is 35.4 Å². The minimum Gasteiger partial charge on any atom is -0.389 e. The molecule has 1 aromatic carbocycles. The van der Waals surface area contributed by atoms with E-state index in [2.05, 4.69) is 11.8 Å². The lowest BCUT2D eigenvalue weighted by atomic mass is 10.1. The van der Waals surface area contributed by atoms with Crippen molar-refractivity contribution in [1.82, 2.24) is 0 Å². The predicted octanol–water partition coefficient (Wildman–Crippen LogP) is 2.34. The SMILES string of the molecule is CC(=O)SCCC#Cc1ccccc1C(N)=S. The van der Waals surface area contributed by atoms with Crippen LogP contribution in [0.3, 0.4) is 0 Å². The molecule has 2 N–H and O–H groups in total. The van der Waals surface area contributed by atoms with Gasteiger partial charge < -0.3 is 5.73 Å². The highest BCUT2D eigenvalue weighted by Crippen LogP contribution is 2.07. The van der Waals surface area contributed by atoms with Gasteiger partial charge in [0.05, 0.1) is 0 Å². The van der Waals surface area contributed by atoms with Crippen LogP contribution in [-0.4, -0.2) is 15.9 Å². The van der Waals surface area contributed by atoms with Gasteiger partial charge in [0.1, 0.15) is 4.99 Å². The van der Waals surface area contributed by atoms with E-state index in [1.807, 2.05) is 24.3 Å². The molecular weight excluding hydrogens is 250 g/mol. The number of hydrogen-bond acceptors (Lipinski definition) is 3. The normalized spacial score (nSPS) is 9.24. The van der Waals surface area contributed by atoms with E-state index in [1.165, 1.54) is 11.8 Å². The summed E-state index contributed by atoms with van der Waals surface area (Å²) in [5.41, 5.74) is 7.24. The molecule has 0 aliphatic carbocycles. The number of carbonyl (C=O) groups is 1. The molecule has 1 rings (SSSR count). The second-order valence-electron chi connectivity index (χ2n) is 3.30. The second-order valence-corrected chi connectivity index (χ2v) is 5.01. The zero-order valence-electron chi connectivity index (χ0n) is 9.53. The van der Waals surface area contributed by atoms with Crippen molar-refractivity contribution in [3.8, 4) is 11.8 Å². The van der Waals surface area contributed by atoms with Crippen LogP contribution in [0.2, 0.25) is 0 Å². The number of rotatable bonds is 3. The van der Waals surface area contributed by atoms with Crippen molar-refractivity contribution < 1.29 is 4.79 Å². The molecule has 4 heteroatoms. The van der Waals surface area contributed by atoms with Gasteiger partial charge in [-0.2, -0.15) is 0 Å². The van der Waals surface area contributed by atoms with Crippen molar-refractivity contribution in [2.24, 2.45) is 5.73 Å². The Balaban J connectivity index is 2.65. The summed E-state index contributed by atoms with van der Waals surface area (Å²) in [4.78, 5) is 11.1. The van der Waals surface area contributed by atoms with Crippen molar-refractivity contribution in [2.45, 2.75) is 13.3 Å². The molecule has 0 bridgehead atoms. The largest absolute Gasteiger partial charge is 0.389 e. The molecule has 0 radical (unpaired) electrons. The van der Waals surface area contributed by atoms with Crippen molar-refractivity contribution >= 4 is 34.1 Å². The van der Waals surface area contributed by atoms with Crippen LogP contribution in [-0.2, 0) is 4.79 Å². The third kappa shape index (κ3) is 5.03. The maximum absolute atomic E-state index is 10.7. The summed E-state index contributed by atoms with van der Waals surface area (Å²) >= 11 is 6.23. The first-order valence-corrected chi connectivity index (χ1v) is 6.51. The number of benzene rings is 1. The molecule has 0 aliphatic heterocycles. The quantitative estimate of drug-likeness (QED) is 0.516. The Hall–Kier alpha value is -1.31. The van der Waals surface area contributed by atoms with Gasteiger partial charge in [-0.15, -0.1) is 0 Å². The van der Waals surface area contributed by atoms with Crippen LogP contribution in [0.1, 0.15) is 24.5 Å². The van der Waals surface area contributed by atoms with Crippen LogP contribution in [0.4, 0.5) is 0 Å². The van der Waals surface area contributed by atoms with Gasteiger partial charge in [-0.05, 0) is 6.07 Å². The monoisotopic (exact) mass is 263 g/mol. The Morgan fingerprint density at radius 2 is 2.18 bits per heavy atom. The number of hydrogen-bond donors (Lipinski definition) is 1. The molecule has 0 unspecified atom stereocenters. The van der Waals surface area contributed by atoms with Gasteiger partial charge in [0.2, 0.25) is 0 Å². The van der Waals surface area contributed by atoms with Gasteiger partial charge in [-0.3, -0.25) is 4.79 Å². The van der Waals surface area contributed by atoms with Gasteiger partial charge in [0, 0.05) is 30.2 Å². The summed E-state index contributed by atoms with van der Waals surface area (Å²) in [6.45, 7) is 1.56. The highest BCUT2D eigenvalue weighted by Gasteiger charge is 2.00. The first kappa shape index (κ1) is 13.8. The zero-order valence-corrected chi connectivity index (χ0v) is 11.2. The highest BCUT2D eigenvalue weighted by molar-refractivity contribution is 8.13. The Kier molecular flexibility index (Phi) is 5.75. The lowest BCUT2D eigenvalue weighted by Gasteiger charge is -2.00. The Bertz CT molecular complexity index is 486. The van der Waals surface area contributed by atoms with Gasteiger partial charge in [-0.1, -0.05) is 54.0 Å². The number of carbonyl (C=O) groups excluding carboxylic acids is 1. The summed E-state index contributed by atoms with van der Waals surface area (Å²) in [5, 5.41) is 0.121. The fraction of sp³-hybridized carbons (Fsp3) is 0.231. The number of nitrogens with two attached hydrogens (primary N) is 1. The predicted molar refractivity (Wildman–Crippen MR) is 77.0 cm³/mol. The maximum Gasteiger partial charge on any atom is 0.185 e. The summed E-state index contributed by atoms with van der Waals surface area (Å²) in [6, 6.07) is 7.53. The summed E-state index contributed by atoms with van der Waals surface area (Å²) < 4.78 is 0. The van der Waals surface area contributed by atoms with Crippen molar-refractivity contribution in [2.75, 3.05) is 5.75 Å². The lowest BCUT2D eigenvalue weighted by molar-refractivity contribution is -0.109. The molecule has 0 spiro atoms. The fourth-order valence-corrected chi connectivity index (χ4v) is 1.88. The van der Waals surface area contributed by atoms with E-state index in [0.717, 1.165) is 16.9 Å². The van der Waals surface area contributed by atoms with E-state index in [0.29, 0.717) is 11.4 Å². The molecule has 0 saturated heterocycles. The molecule has 0 aromatic heterocycles. The third-order valence-corrected chi connectivity index (χ3v) is 2.98. The molecule has 0 saturated carbocycles. The topological polar surface area (TPSA) is 43.1 Å². The van der Waals surface area contributed by atoms with Crippen molar-refractivity contribution in [1.29, 1.82) is 0 Å². The van der Waals surface area contributed by atoms with Gasteiger partial charge in [0.15, 0.2) is 5.12 Å². The smallest absolute Gasteiger partial charge is 0.185 e. The first-order valence-electron chi connectivity index (χ1n) is 5.12. The van der Waals surface area contributed by atoms with Crippen LogP contribution in [0, 0.1) is 11.8 Å². The number of thioether (sulfide) groups is 1. The Morgan fingerprint density at radius 1 is 1.47 bits per heavy atom. The Labute approximate surface area is 111 Å². The van der Waals surface area contributed by atoms with Gasteiger partial charge in [0.25, 0.3) is 0 Å². The average Bonchev–Trinajstić information content (AvgIpc) is 2.28. The van der Waals surface area contributed by atoms with Gasteiger partial charge in [-0.25, -0.2) is 0 Å². The van der Waals surface area contributed by atoms with Crippen LogP contribution < -0.4 is 5.73 Å². The molecule has 2 nitrogen and oxygen atoms in total. The second kappa shape index (κ2) is 7.10. The van der Waals surface area contributed by atoms with Gasteiger partial charge >= 0.3 is 0 Å². The lowest BCUT2D eigenvalue weighted by Crippen LogP contribution is -2.10. The minimum absolute atomic E-state index is 0.121. The molecule has 0 atom stereocenters. The first-order chi connectivity index (χ1) is 8.11. The standard InChI is InChI=1S/C13H13NOS2/c1-10(15)17-9-5-4-7-11-6-2-3-8-12(11)13(14)16/h2-3,6,8H,5,9H2,1H3,(H2,14,16). The average molecular weight is 263 g/mol. The van der Waals surface area contributed by atoms with Crippen LogP contribution in [0.15, 0.2) is 24.3 Å². The molecule has 1 aromatic rings. The molecular formula is C13H13NOS2. The zero-order chi connectivity index (χ0) is 12.7. The third-order valence-electron chi connectivity index (χ3n) is 1.95.